The van der Waals surface area contributed by atoms with Crippen LogP contribution in [0, 0.1) is 5.41 Å². The Labute approximate surface area is 88.9 Å². The molecule has 1 unspecified atom stereocenters. The molecule has 0 aliphatic heterocycles. The second kappa shape index (κ2) is 8.60. The van der Waals surface area contributed by atoms with E-state index in [9.17, 15) is 0 Å². The largest absolute Gasteiger partial charge is 0.349 e. The summed E-state index contributed by atoms with van der Waals surface area (Å²) in [6.07, 6.45) is 2.72. The fourth-order valence-corrected chi connectivity index (χ4v) is 0.903. The number of hydrogen-bond acceptors (Lipinski definition) is 1. The van der Waals surface area contributed by atoms with Gasteiger partial charge in [-0.25, -0.2) is 0 Å². The van der Waals surface area contributed by atoms with E-state index in [2.05, 4.69) is 20.4 Å². The molecule has 0 radical (unpaired) electrons. The van der Waals surface area contributed by atoms with Crippen molar-refractivity contribution in [2.24, 2.45) is 0 Å². The number of guanidine groups is 1. The van der Waals surface area contributed by atoms with E-state index in [0.717, 1.165) is 6.42 Å². The summed E-state index contributed by atoms with van der Waals surface area (Å²) >= 11 is 0. The first-order valence-corrected chi connectivity index (χ1v) is 5.21. The van der Waals surface area contributed by atoms with Crippen molar-refractivity contribution in [2.45, 2.75) is 40.2 Å². The minimum absolute atomic E-state index is 0.345. The molecule has 1 N–H and O–H groups in total. The van der Waals surface area contributed by atoms with Gasteiger partial charge in [0.05, 0.1) is 0 Å². The van der Waals surface area contributed by atoms with Gasteiger partial charge < -0.3 is 9.80 Å². The molecule has 84 valence electrons. The van der Waals surface area contributed by atoms with E-state index in [0.29, 0.717) is 12.0 Å². The third kappa shape index (κ3) is 4.90. The molecule has 3 heteroatoms. The second-order valence-electron chi connectivity index (χ2n) is 3.07. The van der Waals surface area contributed by atoms with Crippen molar-refractivity contribution >= 4 is 5.96 Å². The van der Waals surface area contributed by atoms with Crippen LogP contribution < -0.4 is 0 Å². The molecule has 14 heavy (non-hydrogen) atoms. The van der Waals surface area contributed by atoms with Gasteiger partial charge >= 0.3 is 0 Å². The van der Waals surface area contributed by atoms with Crippen LogP contribution in [0.4, 0.5) is 0 Å². The Kier molecular flexibility index (Phi) is 9.51. The molecule has 0 aliphatic carbocycles. The quantitative estimate of drug-likeness (QED) is 0.559. The van der Waals surface area contributed by atoms with Crippen LogP contribution in [0.1, 0.15) is 34.1 Å². The van der Waals surface area contributed by atoms with Crippen LogP contribution in [-0.4, -0.2) is 35.9 Å². The van der Waals surface area contributed by atoms with Crippen LogP contribution in [0.25, 0.3) is 0 Å². The fourth-order valence-electron chi connectivity index (χ4n) is 0.903. The maximum Gasteiger partial charge on any atom is 0.197 e. The molecule has 0 rings (SSSR count). The van der Waals surface area contributed by atoms with Crippen LogP contribution in [0.5, 0.6) is 0 Å². The van der Waals surface area contributed by atoms with Crippen molar-refractivity contribution in [2.75, 3.05) is 14.1 Å². The smallest absolute Gasteiger partial charge is 0.197 e. The molecule has 3 nitrogen and oxygen atoms in total. The molecule has 0 fully saturated rings. The molecule has 1 atom stereocenters. The van der Waals surface area contributed by atoms with Gasteiger partial charge in [-0.3, -0.25) is 5.41 Å². The van der Waals surface area contributed by atoms with E-state index in [-0.39, 0.29) is 0 Å². The van der Waals surface area contributed by atoms with Crippen molar-refractivity contribution in [3.05, 3.63) is 12.8 Å². The average molecular weight is 199 g/mol. The standard InChI is InChI=1S/C9H19N3.C2H6/c1-6-8(3)12(7-2)9(10)11(4)5;1-2/h7-8,10H,2,6H2,1,3-5H3;1-2H3. The summed E-state index contributed by atoms with van der Waals surface area (Å²) in [5.41, 5.74) is 0. The van der Waals surface area contributed by atoms with Crippen molar-refractivity contribution in [1.82, 2.24) is 9.80 Å². The third-order valence-electron chi connectivity index (χ3n) is 1.93. The lowest BCUT2D eigenvalue weighted by atomic mass is 10.2. The molecule has 0 bridgehead atoms. The highest BCUT2D eigenvalue weighted by atomic mass is 15.3. The van der Waals surface area contributed by atoms with Gasteiger partial charge in [0.15, 0.2) is 5.96 Å². The Hall–Kier alpha value is -0.990. The summed E-state index contributed by atoms with van der Waals surface area (Å²) in [6.45, 7) is 11.9. The zero-order valence-electron chi connectivity index (χ0n) is 10.5. The van der Waals surface area contributed by atoms with Crippen molar-refractivity contribution in [3.8, 4) is 0 Å². The van der Waals surface area contributed by atoms with Gasteiger partial charge in [-0.15, -0.1) is 0 Å². The maximum atomic E-state index is 7.72. The zero-order chi connectivity index (χ0) is 11.7. The Balaban J connectivity index is 0. The summed E-state index contributed by atoms with van der Waals surface area (Å²) in [6, 6.07) is 0.345. The number of nitrogens with zero attached hydrogens (tertiary/aromatic N) is 2. The zero-order valence-corrected chi connectivity index (χ0v) is 10.5. The second-order valence-corrected chi connectivity index (χ2v) is 3.07. The minimum atomic E-state index is 0.345. The topological polar surface area (TPSA) is 30.3 Å². The molecular weight excluding hydrogens is 174 g/mol. The third-order valence-corrected chi connectivity index (χ3v) is 1.93. The lowest BCUT2D eigenvalue weighted by Gasteiger charge is -2.30. The molecular formula is C11H25N3. The van der Waals surface area contributed by atoms with E-state index < -0.39 is 0 Å². The van der Waals surface area contributed by atoms with Crippen molar-refractivity contribution in [3.63, 3.8) is 0 Å². The van der Waals surface area contributed by atoms with Gasteiger partial charge in [0.25, 0.3) is 0 Å². The molecule has 0 amide bonds. The first-order valence-electron chi connectivity index (χ1n) is 5.21. The van der Waals surface area contributed by atoms with E-state index in [1.54, 1.807) is 11.1 Å². The van der Waals surface area contributed by atoms with E-state index in [1.807, 2.05) is 32.8 Å². The first kappa shape index (κ1) is 15.5. The number of hydrogen-bond donors (Lipinski definition) is 1. The highest BCUT2D eigenvalue weighted by Crippen LogP contribution is 2.05. The van der Waals surface area contributed by atoms with E-state index in [1.165, 1.54) is 0 Å². The minimum Gasteiger partial charge on any atom is -0.349 e. The predicted molar refractivity (Wildman–Crippen MR) is 64.6 cm³/mol. The summed E-state index contributed by atoms with van der Waals surface area (Å²) < 4.78 is 0. The molecule has 0 aromatic heterocycles. The van der Waals surface area contributed by atoms with Crippen molar-refractivity contribution < 1.29 is 0 Å². The van der Waals surface area contributed by atoms with E-state index >= 15 is 0 Å². The maximum absolute atomic E-state index is 7.72. The highest BCUT2D eigenvalue weighted by molar-refractivity contribution is 5.77. The number of rotatable bonds is 3. The van der Waals surface area contributed by atoms with E-state index in [4.69, 9.17) is 5.41 Å². The van der Waals surface area contributed by atoms with Gasteiger partial charge in [0.1, 0.15) is 0 Å². The normalized spacial score (nSPS) is 10.7. The van der Waals surface area contributed by atoms with Gasteiger partial charge in [-0.2, -0.15) is 0 Å². The van der Waals surface area contributed by atoms with Crippen LogP contribution in [0.15, 0.2) is 12.8 Å². The fraction of sp³-hybridized carbons (Fsp3) is 0.727. The lowest BCUT2D eigenvalue weighted by Crippen LogP contribution is -2.41. The van der Waals surface area contributed by atoms with Gasteiger partial charge in [-0.1, -0.05) is 27.4 Å². The lowest BCUT2D eigenvalue weighted by molar-refractivity contribution is 0.367. The summed E-state index contributed by atoms with van der Waals surface area (Å²) in [5.74, 6) is 0.486. The summed E-state index contributed by atoms with van der Waals surface area (Å²) in [4.78, 5) is 3.63. The Bertz CT molecular complexity index is 164. The molecule has 0 aliphatic rings. The van der Waals surface area contributed by atoms with Crippen LogP contribution in [-0.2, 0) is 0 Å². The Morgan fingerprint density at radius 3 is 2.07 bits per heavy atom. The SMILES string of the molecule is C=CN(C(=N)N(C)C)C(C)CC.CC. The Morgan fingerprint density at radius 1 is 1.43 bits per heavy atom. The van der Waals surface area contributed by atoms with Crippen molar-refractivity contribution in [1.29, 1.82) is 5.41 Å². The van der Waals surface area contributed by atoms with Gasteiger partial charge in [0, 0.05) is 20.1 Å². The van der Waals surface area contributed by atoms with Gasteiger partial charge in [-0.05, 0) is 19.5 Å². The van der Waals surface area contributed by atoms with Gasteiger partial charge in [0.2, 0.25) is 0 Å². The van der Waals surface area contributed by atoms with Crippen LogP contribution in [0.2, 0.25) is 0 Å². The first-order chi connectivity index (χ1) is 6.54. The molecule has 0 spiro atoms. The Morgan fingerprint density at radius 2 is 1.86 bits per heavy atom. The average Bonchev–Trinajstić information content (AvgIpc) is 2.21. The monoisotopic (exact) mass is 199 g/mol. The summed E-state index contributed by atoms with van der Waals surface area (Å²) in [7, 11) is 3.72. The highest BCUT2D eigenvalue weighted by Gasteiger charge is 2.13. The molecule has 0 saturated heterocycles. The van der Waals surface area contributed by atoms with Crippen LogP contribution >= 0.6 is 0 Å². The molecule has 0 aromatic rings. The number of nitrogens with one attached hydrogen (secondary N) is 1. The molecule has 0 aromatic carbocycles. The molecule has 0 heterocycles. The van der Waals surface area contributed by atoms with Crippen LogP contribution in [0.3, 0.4) is 0 Å². The predicted octanol–water partition coefficient (Wildman–Crippen LogP) is 2.75. The summed E-state index contributed by atoms with van der Waals surface area (Å²) in [5, 5.41) is 7.72. The molecule has 0 saturated carbocycles.